The first kappa shape index (κ1) is 19.4. The lowest BCUT2D eigenvalue weighted by Gasteiger charge is -2.37. The topological polar surface area (TPSA) is 119 Å². The Morgan fingerprint density at radius 3 is 2.64 bits per heavy atom. The zero-order valence-electron chi connectivity index (χ0n) is 14.1. The number of hydrogen-bond acceptors (Lipinski definition) is 6. The lowest BCUT2D eigenvalue weighted by atomic mass is 9.86. The lowest BCUT2D eigenvalue weighted by molar-refractivity contribution is -0.134. The number of nitrogens with zero attached hydrogens (tertiary/aromatic N) is 1. The molecule has 8 nitrogen and oxygen atoms in total. The number of amides is 2. The molecule has 0 aliphatic carbocycles. The van der Waals surface area contributed by atoms with E-state index in [1.54, 1.807) is 4.90 Å². The van der Waals surface area contributed by atoms with Crippen molar-refractivity contribution in [1.29, 1.82) is 0 Å². The van der Waals surface area contributed by atoms with Gasteiger partial charge >= 0.3 is 0 Å². The molecule has 1 aliphatic rings. The third kappa shape index (κ3) is 6.11. The molecule has 25 heavy (non-hydrogen) atoms. The van der Waals surface area contributed by atoms with Crippen molar-refractivity contribution in [2.24, 2.45) is 5.73 Å². The standard InChI is InChI=1S/C16H23N3O5S/c1-25(22,23)24-11-15(20)18-9-16(21)19-8-7-14(17)13(10-19)12-5-3-2-4-6-12/h2-6,13-14H,7-11,17H2,1H3,(H,18,20)/t13-,14-/m0/s1. The molecule has 3 N–H and O–H groups in total. The summed E-state index contributed by atoms with van der Waals surface area (Å²) in [5, 5.41) is 2.37. The molecule has 2 atom stereocenters. The van der Waals surface area contributed by atoms with Crippen molar-refractivity contribution in [2.45, 2.75) is 18.4 Å². The molecule has 1 aromatic carbocycles. The van der Waals surface area contributed by atoms with Crippen molar-refractivity contribution < 1.29 is 22.2 Å². The molecule has 138 valence electrons. The van der Waals surface area contributed by atoms with Crippen LogP contribution < -0.4 is 11.1 Å². The number of piperidine rings is 1. The van der Waals surface area contributed by atoms with Gasteiger partial charge in [-0.2, -0.15) is 8.42 Å². The monoisotopic (exact) mass is 369 g/mol. The number of rotatable bonds is 6. The first-order chi connectivity index (χ1) is 11.8. The van der Waals surface area contributed by atoms with Crippen molar-refractivity contribution in [3.8, 4) is 0 Å². The van der Waals surface area contributed by atoms with Crippen LogP contribution in [0.4, 0.5) is 0 Å². The fourth-order valence-corrected chi connectivity index (χ4v) is 3.07. The van der Waals surface area contributed by atoms with Crippen LogP contribution in [0.5, 0.6) is 0 Å². The second-order valence-electron chi connectivity index (χ2n) is 6.05. The van der Waals surface area contributed by atoms with Crippen LogP contribution in [0.25, 0.3) is 0 Å². The van der Waals surface area contributed by atoms with Crippen LogP contribution in [0.1, 0.15) is 17.9 Å². The van der Waals surface area contributed by atoms with Crippen LogP contribution >= 0.6 is 0 Å². The summed E-state index contributed by atoms with van der Waals surface area (Å²) in [6.45, 7) is 0.172. The smallest absolute Gasteiger partial charge is 0.264 e. The van der Waals surface area contributed by atoms with Crippen molar-refractivity contribution in [2.75, 3.05) is 32.5 Å². The van der Waals surface area contributed by atoms with E-state index in [9.17, 15) is 18.0 Å². The predicted molar refractivity (Wildman–Crippen MR) is 92.2 cm³/mol. The van der Waals surface area contributed by atoms with E-state index in [4.69, 9.17) is 5.73 Å². The van der Waals surface area contributed by atoms with Crippen molar-refractivity contribution >= 4 is 21.9 Å². The summed E-state index contributed by atoms with van der Waals surface area (Å²) in [7, 11) is -3.69. The molecule has 0 saturated carbocycles. The zero-order chi connectivity index (χ0) is 18.4. The third-order valence-corrected chi connectivity index (χ3v) is 4.63. The van der Waals surface area contributed by atoms with Gasteiger partial charge in [0.25, 0.3) is 10.1 Å². The number of carbonyl (C=O) groups is 2. The maximum atomic E-state index is 12.3. The van der Waals surface area contributed by atoms with Crippen LogP contribution in [0.3, 0.4) is 0 Å². The second-order valence-corrected chi connectivity index (χ2v) is 7.70. The van der Waals surface area contributed by atoms with Crippen LogP contribution in [0.2, 0.25) is 0 Å². The molecular weight excluding hydrogens is 346 g/mol. The molecule has 2 amide bonds. The highest BCUT2D eigenvalue weighted by atomic mass is 32.2. The summed E-state index contributed by atoms with van der Waals surface area (Å²) in [6.07, 6.45) is 1.53. The second kappa shape index (κ2) is 8.41. The average molecular weight is 369 g/mol. The Balaban J connectivity index is 1.86. The van der Waals surface area contributed by atoms with Gasteiger partial charge in [0.1, 0.15) is 6.61 Å². The van der Waals surface area contributed by atoms with Crippen LogP contribution in [0, 0.1) is 0 Å². The summed E-state index contributed by atoms with van der Waals surface area (Å²) in [6, 6.07) is 9.75. The summed E-state index contributed by atoms with van der Waals surface area (Å²) < 4.78 is 26.0. The van der Waals surface area contributed by atoms with E-state index < -0.39 is 22.6 Å². The van der Waals surface area contributed by atoms with Gasteiger partial charge in [0.2, 0.25) is 11.8 Å². The van der Waals surface area contributed by atoms with E-state index in [-0.39, 0.29) is 24.4 Å². The molecule has 1 fully saturated rings. The van der Waals surface area contributed by atoms with Crippen molar-refractivity contribution in [1.82, 2.24) is 10.2 Å². The molecular formula is C16H23N3O5S. The van der Waals surface area contributed by atoms with E-state index in [1.807, 2.05) is 30.3 Å². The summed E-state index contributed by atoms with van der Waals surface area (Å²) >= 11 is 0. The molecule has 0 aromatic heterocycles. The number of nitrogens with two attached hydrogens (primary N) is 1. The molecule has 1 aromatic rings. The first-order valence-electron chi connectivity index (χ1n) is 7.95. The summed E-state index contributed by atoms with van der Waals surface area (Å²) in [4.78, 5) is 25.5. The molecule has 0 unspecified atom stereocenters. The van der Waals surface area contributed by atoms with Gasteiger partial charge in [-0.3, -0.25) is 13.8 Å². The van der Waals surface area contributed by atoms with Crippen molar-refractivity contribution in [3.63, 3.8) is 0 Å². The highest BCUT2D eigenvalue weighted by Crippen LogP contribution is 2.25. The van der Waals surface area contributed by atoms with E-state index in [2.05, 4.69) is 9.50 Å². The highest BCUT2D eigenvalue weighted by Gasteiger charge is 2.30. The van der Waals surface area contributed by atoms with Gasteiger partial charge in [0.05, 0.1) is 12.8 Å². The first-order valence-corrected chi connectivity index (χ1v) is 9.77. The quantitative estimate of drug-likeness (QED) is 0.648. The van der Waals surface area contributed by atoms with Crippen LogP contribution in [-0.4, -0.2) is 63.7 Å². The lowest BCUT2D eigenvalue weighted by Crippen LogP contribution is -2.50. The Kier molecular flexibility index (Phi) is 6.51. The maximum absolute atomic E-state index is 12.3. The summed E-state index contributed by atoms with van der Waals surface area (Å²) in [5.74, 6) is -0.851. The predicted octanol–water partition coefficient (Wildman–Crippen LogP) is -0.578. The van der Waals surface area contributed by atoms with Crippen LogP contribution in [-0.2, 0) is 23.9 Å². The van der Waals surface area contributed by atoms with Gasteiger partial charge in [-0.05, 0) is 12.0 Å². The van der Waals surface area contributed by atoms with Gasteiger partial charge in [-0.15, -0.1) is 0 Å². The average Bonchev–Trinajstić information content (AvgIpc) is 2.58. The zero-order valence-corrected chi connectivity index (χ0v) is 14.9. The number of carbonyl (C=O) groups excluding carboxylic acids is 2. The SMILES string of the molecule is CS(=O)(=O)OCC(=O)NCC(=O)N1CC[C@H](N)[C@H](c2ccccc2)C1. The van der Waals surface area contributed by atoms with Gasteiger partial charge in [-0.25, -0.2) is 0 Å². The fourth-order valence-electron chi connectivity index (χ4n) is 2.75. The molecule has 2 rings (SSSR count). The molecule has 1 heterocycles. The Hall–Kier alpha value is -1.97. The Morgan fingerprint density at radius 1 is 1.32 bits per heavy atom. The number of benzene rings is 1. The number of likely N-dealkylation sites (tertiary alicyclic amines) is 1. The minimum Gasteiger partial charge on any atom is -0.345 e. The minimum absolute atomic E-state index is 0.0239. The summed E-state index contributed by atoms with van der Waals surface area (Å²) in [5.41, 5.74) is 7.28. The Labute approximate surface area is 147 Å². The van der Waals surface area contributed by atoms with Gasteiger partial charge in [-0.1, -0.05) is 30.3 Å². The van der Waals surface area contributed by atoms with Gasteiger partial charge in [0.15, 0.2) is 0 Å². The Bertz CT molecular complexity index is 708. The van der Waals surface area contributed by atoms with Gasteiger partial charge in [0, 0.05) is 25.0 Å². The van der Waals surface area contributed by atoms with E-state index in [0.29, 0.717) is 19.5 Å². The molecule has 0 bridgehead atoms. The molecule has 9 heteroatoms. The normalized spacial score (nSPS) is 21.0. The molecule has 1 saturated heterocycles. The largest absolute Gasteiger partial charge is 0.345 e. The third-order valence-electron chi connectivity index (χ3n) is 4.09. The highest BCUT2D eigenvalue weighted by molar-refractivity contribution is 7.86. The van der Waals surface area contributed by atoms with E-state index in [0.717, 1.165) is 11.8 Å². The van der Waals surface area contributed by atoms with Gasteiger partial charge < -0.3 is 16.0 Å². The number of hydrogen-bond donors (Lipinski definition) is 2. The molecule has 0 spiro atoms. The van der Waals surface area contributed by atoms with Crippen molar-refractivity contribution in [3.05, 3.63) is 35.9 Å². The number of nitrogens with one attached hydrogen (secondary N) is 1. The van der Waals surface area contributed by atoms with Crippen LogP contribution in [0.15, 0.2) is 30.3 Å². The molecule has 1 aliphatic heterocycles. The minimum atomic E-state index is -3.69. The van der Waals surface area contributed by atoms with E-state index in [1.165, 1.54) is 0 Å². The van der Waals surface area contributed by atoms with E-state index >= 15 is 0 Å². The fraction of sp³-hybridized carbons (Fsp3) is 0.500. The molecule has 0 radical (unpaired) electrons. The maximum Gasteiger partial charge on any atom is 0.264 e. The Morgan fingerprint density at radius 2 is 2.00 bits per heavy atom.